The number of hydrogen-bond donors (Lipinski definition) is 0. The van der Waals surface area contributed by atoms with E-state index in [-0.39, 0.29) is 29.9 Å². The second-order valence-electron chi connectivity index (χ2n) is 7.59. The molecule has 4 heterocycles. The zero-order valence-corrected chi connectivity index (χ0v) is 16.3. The number of esters is 1. The fourth-order valence-corrected chi connectivity index (χ4v) is 4.26. The molecule has 0 unspecified atom stereocenters. The highest BCUT2D eigenvalue weighted by molar-refractivity contribution is 6.15. The fourth-order valence-electron chi connectivity index (χ4n) is 4.26. The smallest absolute Gasteiger partial charge is 0.312 e. The van der Waals surface area contributed by atoms with Crippen LogP contribution in [0.2, 0.25) is 0 Å². The van der Waals surface area contributed by atoms with Crippen LogP contribution in [-0.2, 0) is 4.79 Å². The van der Waals surface area contributed by atoms with Crippen LogP contribution in [0, 0.1) is 0 Å². The van der Waals surface area contributed by atoms with Crippen molar-refractivity contribution in [2.24, 2.45) is 0 Å². The van der Waals surface area contributed by atoms with E-state index in [4.69, 9.17) is 18.6 Å². The third kappa shape index (κ3) is 2.87. The van der Waals surface area contributed by atoms with Crippen LogP contribution in [0.4, 0.5) is 0 Å². The predicted molar refractivity (Wildman–Crippen MR) is 111 cm³/mol. The average molecular weight is 412 g/mol. The molecule has 3 aliphatic heterocycles. The Bertz CT molecular complexity index is 1300. The maximum Gasteiger partial charge on any atom is 0.312 e. The molecule has 2 aromatic carbocycles. The molecule has 1 atom stereocenters. The highest BCUT2D eigenvalue weighted by atomic mass is 16.5. The van der Waals surface area contributed by atoms with Gasteiger partial charge in [0.1, 0.15) is 29.6 Å². The summed E-state index contributed by atoms with van der Waals surface area (Å²) < 4.78 is 22.7. The highest BCUT2D eigenvalue weighted by Gasteiger charge is 2.39. The van der Waals surface area contributed by atoms with E-state index in [9.17, 15) is 9.59 Å². The number of Topliss-reactive ketones (excluding diaryl/α,β-unsaturated/α-hetero) is 1. The van der Waals surface area contributed by atoms with Gasteiger partial charge in [0.2, 0.25) is 5.78 Å². The van der Waals surface area contributed by atoms with Gasteiger partial charge in [0.15, 0.2) is 5.76 Å². The molecule has 0 saturated heterocycles. The SMILES string of the molecule is O=C1C[C@@H](C2=Cc3ccccc3OC2)c2c(ccc3c2O/C(=C\c2ccco2)C3=O)O1. The summed E-state index contributed by atoms with van der Waals surface area (Å²) in [6, 6.07) is 14.5. The molecule has 6 nitrogen and oxygen atoms in total. The van der Waals surface area contributed by atoms with Crippen molar-refractivity contribution >= 4 is 23.9 Å². The number of fused-ring (bicyclic) bond motifs is 4. The Labute approximate surface area is 177 Å². The summed E-state index contributed by atoms with van der Waals surface area (Å²) in [6.07, 6.45) is 5.29. The minimum absolute atomic E-state index is 0.148. The molecule has 0 saturated carbocycles. The summed E-state index contributed by atoms with van der Waals surface area (Å²) in [6.45, 7) is 0.348. The van der Waals surface area contributed by atoms with E-state index in [0.29, 0.717) is 35.0 Å². The van der Waals surface area contributed by atoms with Crippen LogP contribution in [0.25, 0.3) is 12.2 Å². The van der Waals surface area contributed by atoms with Gasteiger partial charge in [-0.05, 0) is 42.0 Å². The molecule has 0 bridgehead atoms. The summed E-state index contributed by atoms with van der Waals surface area (Å²) >= 11 is 0. The Balaban J connectivity index is 1.46. The summed E-state index contributed by atoms with van der Waals surface area (Å²) in [4.78, 5) is 25.3. The molecule has 3 aliphatic rings. The molecule has 0 aliphatic carbocycles. The van der Waals surface area contributed by atoms with Crippen molar-refractivity contribution in [1.82, 2.24) is 0 Å². The van der Waals surface area contributed by atoms with Gasteiger partial charge in [-0.3, -0.25) is 9.59 Å². The summed E-state index contributed by atoms with van der Waals surface area (Å²) in [5.41, 5.74) is 3.02. The quantitative estimate of drug-likeness (QED) is 0.343. The lowest BCUT2D eigenvalue weighted by molar-refractivity contribution is -0.135. The van der Waals surface area contributed by atoms with Crippen molar-refractivity contribution in [3.8, 4) is 17.2 Å². The van der Waals surface area contributed by atoms with Crippen molar-refractivity contribution < 1.29 is 28.2 Å². The number of benzene rings is 2. The second-order valence-corrected chi connectivity index (χ2v) is 7.59. The Morgan fingerprint density at radius 1 is 0.935 bits per heavy atom. The van der Waals surface area contributed by atoms with Gasteiger partial charge in [-0.2, -0.15) is 0 Å². The van der Waals surface area contributed by atoms with E-state index in [2.05, 4.69) is 0 Å². The van der Waals surface area contributed by atoms with Crippen molar-refractivity contribution in [3.63, 3.8) is 0 Å². The van der Waals surface area contributed by atoms with Crippen LogP contribution < -0.4 is 14.2 Å². The van der Waals surface area contributed by atoms with Crippen molar-refractivity contribution in [3.05, 3.63) is 88.6 Å². The van der Waals surface area contributed by atoms with Gasteiger partial charge in [0.25, 0.3) is 0 Å². The molecule has 0 amide bonds. The fraction of sp³-hybridized carbons (Fsp3) is 0.120. The van der Waals surface area contributed by atoms with Crippen LogP contribution in [0.15, 0.2) is 70.5 Å². The van der Waals surface area contributed by atoms with Gasteiger partial charge in [-0.25, -0.2) is 0 Å². The summed E-state index contributed by atoms with van der Waals surface area (Å²) in [5, 5.41) is 0. The third-order valence-electron chi connectivity index (χ3n) is 5.70. The molecule has 3 aromatic rings. The molecule has 31 heavy (non-hydrogen) atoms. The number of ether oxygens (including phenoxy) is 3. The number of furan rings is 1. The number of ketones is 1. The maximum absolute atomic E-state index is 12.9. The van der Waals surface area contributed by atoms with Gasteiger partial charge in [0.05, 0.1) is 18.2 Å². The first kappa shape index (κ1) is 17.8. The first-order chi connectivity index (χ1) is 15.2. The number of allylic oxidation sites excluding steroid dienone is 1. The summed E-state index contributed by atoms with van der Waals surface area (Å²) in [7, 11) is 0. The van der Waals surface area contributed by atoms with E-state index in [1.807, 2.05) is 30.3 Å². The van der Waals surface area contributed by atoms with E-state index in [1.54, 1.807) is 30.3 Å². The first-order valence-corrected chi connectivity index (χ1v) is 9.95. The van der Waals surface area contributed by atoms with Crippen LogP contribution >= 0.6 is 0 Å². The lowest BCUT2D eigenvalue weighted by Gasteiger charge is -2.29. The Hall–Kier alpha value is -4.06. The molecular formula is C25H16O6. The Kier molecular flexibility index (Phi) is 3.86. The van der Waals surface area contributed by atoms with Crippen molar-refractivity contribution in [1.29, 1.82) is 0 Å². The number of para-hydroxylation sites is 1. The number of hydrogen-bond acceptors (Lipinski definition) is 6. The number of rotatable bonds is 2. The van der Waals surface area contributed by atoms with Gasteiger partial charge >= 0.3 is 5.97 Å². The third-order valence-corrected chi connectivity index (χ3v) is 5.70. The molecule has 0 fully saturated rings. The molecule has 6 rings (SSSR count). The van der Waals surface area contributed by atoms with E-state index in [0.717, 1.165) is 16.9 Å². The Morgan fingerprint density at radius 3 is 2.71 bits per heavy atom. The average Bonchev–Trinajstić information content (AvgIpc) is 3.41. The van der Waals surface area contributed by atoms with E-state index in [1.165, 1.54) is 6.26 Å². The molecule has 1 aromatic heterocycles. The van der Waals surface area contributed by atoms with E-state index >= 15 is 0 Å². The van der Waals surface area contributed by atoms with E-state index < -0.39 is 0 Å². The van der Waals surface area contributed by atoms with Crippen LogP contribution in [0.1, 0.15) is 39.6 Å². The lowest BCUT2D eigenvalue weighted by atomic mass is 9.83. The van der Waals surface area contributed by atoms with Crippen LogP contribution in [0.5, 0.6) is 17.2 Å². The molecule has 152 valence electrons. The zero-order valence-electron chi connectivity index (χ0n) is 16.3. The lowest BCUT2D eigenvalue weighted by Crippen LogP contribution is -2.24. The monoisotopic (exact) mass is 412 g/mol. The largest absolute Gasteiger partial charge is 0.489 e. The number of carbonyl (C=O) groups is 2. The molecule has 6 heteroatoms. The molecule has 0 N–H and O–H groups in total. The standard InChI is InChI=1S/C25H16O6/c26-22-12-18(15-10-14-4-1-2-6-19(14)29-13-15)23-20(30-22)8-7-17-24(27)21(31-25(17)23)11-16-5-3-9-28-16/h1-11,18H,12-13H2/b21-11-/t18-/m0/s1. The first-order valence-electron chi connectivity index (χ1n) is 9.95. The minimum Gasteiger partial charge on any atom is -0.489 e. The normalized spacial score (nSPS) is 20.2. The number of carbonyl (C=O) groups excluding carboxylic acids is 2. The van der Waals surface area contributed by atoms with Crippen molar-refractivity contribution in [2.75, 3.05) is 6.61 Å². The predicted octanol–water partition coefficient (Wildman–Crippen LogP) is 4.76. The van der Waals surface area contributed by atoms with Gasteiger partial charge < -0.3 is 18.6 Å². The maximum atomic E-state index is 12.9. The second kappa shape index (κ2) is 6.74. The molecule has 0 spiro atoms. The van der Waals surface area contributed by atoms with Gasteiger partial charge in [0, 0.05) is 23.1 Å². The van der Waals surface area contributed by atoms with Gasteiger partial charge in [-0.1, -0.05) is 18.2 Å². The van der Waals surface area contributed by atoms with Crippen LogP contribution in [-0.4, -0.2) is 18.4 Å². The summed E-state index contributed by atoms with van der Waals surface area (Å²) in [5.74, 6) is 1.47. The zero-order chi connectivity index (χ0) is 20.9. The Morgan fingerprint density at radius 2 is 1.84 bits per heavy atom. The topological polar surface area (TPSA) is 75.0 Å². The molecular weight excluding hydrogens is 396 g/mol. The molecule has 0 radical (unpaired) electrons. The highest BCUT2D eigenvalue weighted by Crippen LogP contribution is 2.50. The van der Waals surface area contributed by atoms with Crippen molar-refractivity contribution in [2.45, 2.75) is 12.3 Å². The van der Waals surface area contributed by atoms with Crippen LogP contribution in [0.3, 0.4) is 0 Å². The minimum atomic E-state index is -0.326. The van der Waals surface area contributed by atoms with Gasteiger partial charge in [-0.15, -0.1) is 0 Å².